The Hall–Kier alpha value is -2.93. The Bertz CT molecular complexity index is 876. The van der Waals surface area contributed by atoms with Gasteiger partial charge in [0.05, 0.1) is 23.4 Å². The van der Waals surface area contributed by atoms with Crippen molar-refractivity contribution in [3.05, 3.63) is 70.6 Å². The van der Waals surface area contributed by atoms with Crippen molar-refractivity contribution >= 4 is 17.2 Å². The molecule has 0 atom stereocenters. The molecule has 128 valence electrons. The Morgan fingerprint density at radius 2 is 2.04 bits per heavy atom. The van der Waals surface area contributed by atoms with Gasteiger partial charge in [-0.1, -0.05) is 24.3 Å². The van der Waals surface area contributed by atoms with Crippen molar-refractivity contribution in [3.63, 3.8) is 0 Å². The van der Waals surface area contributed by atoms with E-state index in [1.807, 2.05) is 47.8 Å². The minimum atomic E-state index is -0.260. The first-order valence-corrected chi connectivity index (χ1v) is 8.65. The highest BCUT2D eigenvalue weighted by molar-refractivity contribution is 7.13. The number of ether oxygens (including phenoxy) is 1. The van der Waals surface area contributed by atoms with Gasteiger partial charge in [-0.25, -0.2) is 4.98 Å². The molecule has 2 heterocycles. The van der Waals surface area contributed by atoms with E-state index in [1.54, 1.807) is 0 Å². The largest absolute Gasteiger partial charge is 0.492 e. The molecule has 3 rings (SSSR count). The minimum absolute atomic E-state index is 0.0676. The number of nitrogens with one attached hydrogen (secondary N) is 1. The van der Waals surface area contributed by atoms with Gasteiger partial charge in [0.25, 0.3) is 5.56 Å². The summed E-state index contributed by atoms with van der Waals surface area (Å²) in [6, 6.07) is 14.6. The number of hydrogen-bond acceptors (Lipinski definition) is 5. The minimum Gasteiger partial charge on any atom is -0.492 e. The van der Waals surface area contributed by atoms with E-state index in [1.165, 1.54) is 28.3 Å². The van der Waals surface area contributed by atoms with Crippen molar-refractivity contribution < 1.29 is 9.53 Å². The first-order valence-electron chi connectivity index (χ1n) is 7.77. The SMILES string of the molecule is O=C(Cn1cnc(-c2cccs2)cc1=O)NCCOc1ccccc1. The van der Waals surface area contributed by atoms with Crippen molar-refractivity contribution in [1.29, 1.82) is 0 Å². The van der Waals surface area contributed by atoms with Crippen molar-refractivity contribution in [1.82, 2.24) is 14.9 Å². The summed E-state index contributed by atoms with van der Waals surface area (Å²) in [5.74, 6) is 0.491. The first-order chi connectivity index (χ1) is 12.2. The average Bonchev–Trinajstić information content (AvgIpc) is 3.16. The number of aromatic nitrogens is 2. The van der Waals surface area contributed by atoms with E-state index < -0.39 is 0 Å². The third kappa shape index (κ3) is 4.77. The lowest BCUT2D eigenvalue weighted by atomic mass is 10.3. The maximum atomic E-state index is 12.1. The number of carbonyl (C=O) groups is 1. The maximum Gasteiger partial charge on any atom is 0.254 e. The van der Waals surface area contributed by atoms with Gasteiger partial charge in [-0.3, -0.25) is 14.2 Å². The second-order valence-electron chi connectivity index (χ2n) is 5.23. The lowest BCUT2D eigenvalue weighted by Gasteiger charge is -2.09. The Balaban J connectivity index is 1.48. The van der Waals surface area contributed by atoms with Gasteiger partial charge < -0.3 is 10.1 Å². The molecule has 0 aliphatic heterocycles. The Labute approximate surface area is 148 Å². The summed E-state index contributed by atoms with van der Waals surface area (Å²) in [6.45, 7) is 0.658. The van der Waals surface area contributed by atoms with Gasteiger partial charge in [0.15, 0.2) is 0 Å². The quantitative estimate of drug-likeness (QED) is 0.659. The molecule has 0 fully saturated rings. The van der Waals surface area contributed by atoms with Crippen LogP contribution in [0.1, 0.15) is 0 Å². The molecule has 0 saturated carbocycles. The highest BCUT2D eigenvalue weighted by atomic mass is 32.1. The van der Waals surface area contributed by atoms with E-state index in [9.17, 15) is 9.59 Å². The van der Waals surface area contributed by atoms with Crippen LogP contribution in [0.15, 0.2) is 65.0 Å². The fourth-order valence-electron chi connectivity index (χ4n) is 2.19. The summed E-state index contributed by atoms with van der Waals surface area (Å²) >= 11 is 1.51. The second-order valence-corrected chi connectivity index (χ2v) is 6.18. The van der Waals surface area contributed by atoms with Gasteiger partial charge in [0, 0.05) is 6.07 Å². The molecule has 1 aromatic carbocycles. The fraction of sp³-hybridized carbons (Fsp3) is 0.167. The molecule has 6 nitrogen and oxygen atoms in total. The number of carbonyl (C=O) groups excluding carboxylic acids is 1. The summed E-state index contributed by atoms with van der Waals surface area (Å²) in [5, 5.41) is 4.65. The number of benzene rings is 1. The van der Waals surface area contributed by atoms with Crippen LogP contribution in [0.2, 0.25) is 0 Å². The molecular weight excluding hydrogens is 338 g/mol. The smallest absolute Gasteiger partial charge is 0.254 e. The Morgan fingerprint density at radius 3 is 2.76 bits per heavy atom. The van der Waals surface area contributed by atoms with Gasteiger partial charge in [-0.05, 0) is 23.6 Å². The molecule has 25 heavy (non-hydrogen) atoms. The van der Waals surface area contributed by atoms with Crippen LogP contribution >= 0.6 is 11.3 Å². The third-order valence-electron chi connectivity index (χ3n) is 3.40. The van der Waals surface area contributed by atoms with Gasteiger partial charge in [-0.15, -0.1) is 11.3 Å². The van der Waals surface area contributed by atoms with Crippen LogP contribution in [0.4, 0.5) is 0 Å². The summed E-state index contributed by atoms with van der Waals surface area (Å²) in [6.07, 6.45) is 1.40. The number of hydrogen-bond donors (Lipinski definition) is 1. The number of rotatable bonds is 7. The molecule has 3 aromatic rings. The zero-order chi connectivity index (χ0) is 17.5. The molecule has 7 heteroatoms. The second kappa shape index (κ2) is 8.25. The zero-order valence-electron chi connectivity index (χ0n) is 13.4. The summed E-state index contributed by atoms with van der Waals surface area (Å²) in [5.41, 5.74) is 0.363. The Kier molecular flexibility index (Phi) is 5.58. The van der Waals surface area contributed by atoms with Crippen LogP contribution in [0.3, 0.4) is 0 Å². The molecule has 0 aliphatic rings. The van der Waals surface area contributed by atoms with Gasteiger partial charge in [0.2, 0.25) is 5.91 Å². The highest BCUT2D eigenvalue weighted by Gasteiger charge is 2.07. The summed E-state index contributed by atoms with van der Waals surface area (Å²) in [7, 11) is 0. The van der Waals surface area contributed by atoms with Gasteiger partial charge >= 0.3 is 0 Å². The van der Waals surface area contributed by atoms with Crippen LogP contribution in [-0.4, -0.2) is 28.6 Å². The van der Waals surface area contributed by atoms with E-state index in [2.05, 4.69) is 10.3 Å². The number of para-hydroxylation sites is 1. The molecule has 0 spiro atoms. The monoisotopic (exact) mass is 355 g/mol. The fourth-order valence-corrected chi connectivity index (χ4v) is 2.88. The molecule has 0 unspecified atom stereocenters. The normalized spacial score (nSPS) is 10.4. The number of amides is 1. The molecule has 2 aromatic heterocycles. The standard InChI is InChI=1S/C18H17N3O3S/c22-17(19-8-9-24-14-5-2-1-3-6-14)12-21-13-20-15(11-18(21)23)16-7-4-10-25-16/h1-7,10-11,13H,8-9,12H2,(H,19,22). The van der Waals surface area contributed by atoms with Crippen molar-refractivity contribution in [3.8, 4) is 16.3 Å². The molecular formula is C18H17N3O3S. The van der Waals surface area contributed by atoms with Gasteiger partial charge in [-0.2, -0.15) is 0 Å². The first kappa shape index (κ1) is 16.9. The van der Waals surface area contributed by atoms with Crippen molar-refractivity contribution in [2.45, 2.75) is 6.54 Å². The van der Waals surface area contributed by atoms with E-state index in [-0.39, 0.29) is 18.0 Å². The third-order valence-corrected chi connectivity index (χ3v) is 4.30. The maximum absolute atomic E-state index is 12.1. The van der Waals surface area contributed by atoms with Crippen LogP contribution in [0.25, 0.3) is 10.6 Å². The lowest BCUT2D eigenvalue weighted by Crippen LogP contribution is -2.34. The molecule has 1 amide bonds. The lowest BCUT2D eigenvalue weighted by molar-refractivity contribution is -0.121. The van der Waals surface area contributed by atoms with E-state index >= 15 is 0 Å². The predicted octanol–water partition coefficient (Wildman–Crippen LogP) is 2.17. The predicted molar refractivity (Wildman–Crippen MR) is 96.8 cm³/mol. The molecule has 0 aliphatic carbocycles. The highest BCUT2D eigenvalue weighted by Crippen LogP contribution is 2.20. The Morgan fingerprint density at radius 1 is 1.20 bits per heavy atom. The van der Waals surface area contributed by atoms with Crippen LogP contribution < -0.4 is 15.6 Å². The van der Waals surface area contributed by atoms with Gasteiger partial charge in [0.1, 0.15) is 18.9 Å². The molecule has 0 bridgehead atoms. The average molecular weight is 355 g/mol. The number of thiophene rings is 1. The topological polar surface area (TPSA) is 73.2 Å². The van der Waals surface area contributed by atoms with Crippen LogP contribution in [-0.2, 0) is 11.3 Å². The van der Waals surface area contributed by atoms with E-state index in [0.29, 0.717) is 18.8 Å². The van der Waals surface area contributed by atoms with E-state index in [0.717, 1.165) is 10.6 Å². The van der Waals surface area contributed by atoms with Crippen molar-refractivity contribution in [2.75, 3.05) is 13.2 Å². The van der Waals surface area contributed by atoms with Crippen molar-refractivity contribution in [2.24, 2.45) is 0 Å². The van der Waals surface area contributed by atoms with Crippen LogP contribution in [0.5, 0.6) is 5.75 Å². The molecule has 0 saturated heterocycles. The number of nitrogens with zero attached hydrogens (tertiary/aromatic N) is 2. The molecule has 0 radical (unpaired) electrons. The zero-order valence-corrected chi connectivity index (χ0v) is 14.2. The summed E-state index contributed by atoms with van der Waals surface area (Å²) in [4.78, 5) is 29.2. The van der Waals surface area contributed by atoms with Crippen LogP contribution in [0, 0.1) is 0 Å². The van der Waals surface area contributed by atoms with E-state index in [4.69, 9.17) is 4.74 Å². The summed E-state index contributed by atoms with van der Waals surface area (Å²) < 4.78 is 6.78. The molecule has 1 N–H and O–H groups in total.